The summed E-state index contributed by atoms with van der Waals surface area (Å²) in [6.45, 7) is 6.38. The van der Waals surface area contributed by atoms with E-state index in [9.17, 15) is 0 Å². The van der Waals surface area contributed by atoms with E-state index in [0.29, 0.717) is 12.5 Å². The van der Waals surface area contributed by atoms with Crippen LogP contribution in [-0.4, -0.2) is 12.7 Å². The molecule has 1 aliphatic heterocycles. The maximum absolute atomic E-state index is 4.87. The van der Waals surface area contributed by atoms with Crippen LogP contribution < -0.4 is 0 Å². The van der Waals surface area contributed by atoms with Gasteiger partial charge in [-0.3, -0.25) is 0 Å². The van der Waals surface area contributed by atoms with Gasteiger partial charge in [0.15, 0.2) is 0 Å². The van der Waals surface area contributed by atoms with Gasteiger partial charge in [-0.05, 0) is 13.3 Å². The Labute approximate surface area is 55.4 Å². The Bertz CT molecular complexity index is 101. The molecule has 0 aromatic rings. The number of allylic oxidation sites excluding steroid dienone is 1. The van der Waals surface area contributed by atoms with Crippen molar-refractivity contribution in [3.05, 3.63) is 12.7 Å². The fourth-order valence-corrected chi connectivity index (χ4v) is 0.922. The van der Waals surface area contributed by atoms with Gasteiger partial charge < -0.3 is 0 Å². The molecule has 1 saturated heterocycles. The summed E-state index contributed by atoms with van der Waals surface area (Å²) in [4.78, 5) is 9.64. The lowest BCUT2D eigenvalue weighted by Gasteiger charge is -2.05. The minimum absolute atomic E-state index is 0.239. The largest absolute Gasteiger partial charge is 0.236 e. The molecule has 0 aromatic carbocycles. The molecule has 0 saturated carbocycles. The molecule has 2 heteroatoms. The highest BCUT2D eigenvalue weighted by Crippen LogP contribution is 2.19. The predicted molar refractivity (Wildman–Crippen MR) is 34.8 cm³/mol. The Balaban J connectivity index is 2.30. The first-order chi connectivity index (χ1) is 4.34. The summed E-state index contributed by atoms with van der Waals surface area (Å²) in [6.07, 6.45) is 3.13. The fraction of sp³-hybridized carbons (Fsp3) is 0.714. The van der Waals surface area contributed by atoms with Crippen molar-refractivity contribution in [2.45, 2.75) is 19.4 Å². The third kappa shape index (κ3) is 1.53. The summed E-state index contributed by atoms with van der Waals surface area (Å²) in [5.74, 6) is 0.516. The molecular formula is C7H12O2. The summed E-state index contributed by atoms with van der Waals surface area (Å²) >= 11 is 0. The zero-order valence-electron chi connectivity index (χ0n) is 5.67. The second kappa shape index (κ2) is 2.99. The molecule has 0 radical (unpaired) electrons. The van der Waals surface area contributed by atoms with Crippen LogP contribution in [0.4, 0.5) is 0 Å². The van der Waals surface area contributed by atoms with E-state index in [0.717, 1.165) is 6.42 Å². The van der Waals surface area contributed by atoms with Crippen molar-refractivity contribution in [1.29, 1.82) is 0 Å². The maximum Gasteiger partial charge on any atom is 0.0956 e. The first-order valence-corrected chi connectivity index (χ1v) is 3.23. The van der Waals surface area contributed by atoms with Crippen LogP contribution >= 0.6 is 0 Å². The van der Waals surface area contributed by atoms with E-state index in [4.69, 9.17) is 9.78 Å². The molecule has 1 heterocycles. The summed E-state index contributed by atoms with van der Waals surface area (Å²) in [7, 11) is 0. The molecule has 1 rings (SSSR count). The smallest absolute Gasteiger partial charge is 0.0956 e. The molecule has 0 amide bonds. The van der Waals surface area contributed by atoms with Gasteiger partial charge in [-0.1, -0.05) is 6.08 Å². The predicted octanol–water partition coefficient (Wildman–Crippen LogP) is 1.53. The third-order valence-corrected chi connectivity index (χ3v) is 1.64. The normalized spacial score (nSPS) is 34.8. The Morgan fingerprint density at radius 3 is 3.00 bits per heavy atom. The topological polar surface area (TPSA) is 18.5 Å². The second-order valence-corrected chi connectivity index (χ2v) is 2.37. The van der Waals surface area contributed by atoms with Crippen LogP contribution in [0.2, 0.25) is 0 Å². The quantitative estimate of drug-likeness (QED) is 0.414. The Hall–Kier alpha value is -0.340. The van der Waals surface area contributed by atoms with Crippen LogP contribution in [0.1, 0.15) is 13.3 Å². The van der Waals surface area contributed by atoms with Gasteiger partial charge in [-0.15, -0.1) is 6.58 Å². The van der Waals surface area contributed by atoms with Gasteiger partial charge in [0.2, 0.25) is 0 Å². The van der Waals surface area contributed by atoms with Gasteiger partial charge in [0, 0.05) is 5.92 Å². The molecule has 0 aliphatic carbocycles. The van der Waals surface area contributed by atoms with E-state index in [1.807, 2.05) is 13.0 Å². The molecule has 1 aliphatic rings. The highest BCUT2D eigenvalue weighted by molar-refractivity contribution is 4.77. The van der Waals surface area contributed by atoms with Crippen molar-refractivity contribution in [3.63, 3.8) is 0 Å². The minimum Gasteiger partial charge on any atom is -0.236 e. The molecule has 1 fully saturated rings. The van der Waals surface area contributed by atoms with Gasteiger partial charge in [-0.2, -0.15) is 0 Å². The average molecular weight is 128 g/mol. The van der Waals surface area contributed by atoms with Gasteiger partial charge in [0.05, 0.1) is 12.7 Å². The van der Waals surface area contributed by atoms with Gasteiger partial charge >= 0.3 is 0 Å². The highest BCUT2D eigenvalue weighted by Gasteiger charge is 2.24. The Morgan fingerprint density at radius 1 is 1.78 bits per heavy atom. The molecule has 2 atom stereocenters. The fourth-order valence-electron chi connectivity index (χ4n) is 0.922. The number of hydrogen-bond acceptors (Lipinski definition) is 2. The van der Waals surface area contributed by atoms with Crippen molar-refractivity contribution in [2.24, 2.45) is 5.92 Å². The SMILES string of the molecule is C=CC[C@H]1COO[C@@H]1C. The van der Waals surface area contributed by atoms with Crippen molar-refractivity contribution in [1.82, 2.24) is 0 Å². The Kier molecular flexibility index (Phi) is 2.25. The molecule has 0 spiro atoms. The van der Waals surface area contributed by atoms with Crippen molar-refractivity contribution in [3.8, 4) is 0 Å². The van der Waals surface area contributed by atoms with E-state index < -0.39 is 0 Å². The van der Waals surface area contributed by atoms with Crippen LogP contribution in [-0.2, 0) is 9.78 Å². The summed E-state index contributed by atoms with van der Waals surface area (Å²) in [5, 5.41) is 0. The minimum atomic E-state index is 0.239. The zero-order chi connectivity index (χ0) is 6.69. The average Bonchev–Trinajstić information content (AvgIpc) is 2.18. The van der Waals surface area contributed by atoms with Crippen LogP contribution in [0.15, 0.2) is 12.7 Å². The second-order valence-electron chi connectivity index (χ2n) is 2.37. The lowest BCUT2D eigenvalue weighted by molar-refractivity contribution is -0.270. The van der Waals surface area contributed by atoms with Crippen LogP contribution in [0.3, 0.4) is 0 Å². The van der Waals surface area contributed by atoms with E-state index in [2.05, 4.69) is 6.58 Å². The summed E-state index contributed by atoms with van der Waals surface area (Å²) in [5.41, 5.74) is 0. The van der Waals surface area contributed by atoms with E-state index in [1.54, 1.807) is 0 Å². The van der Waals surface area contributed by atoms with E-state index in [1.165, 1.54) is 0 Å². The van der Waals surface area contributed by atoms with E-state index in [-0.39, 0.29) is 6.10 Å². The lowest BCUT2D eigenvalue weighted by Crippen LogP contribution is -2.11. The van der Waals surface area contributed by atoms with Crippen LogP contribution in [0, 0.1) is 5.92 Å². The van der Waals surface area contributed by atoms with Gasteiger partial charge in [0.1, 0.15) is 0 Å². The maximum atomic E-state index is 4.87. The first-order valence-electron chi connectivity index (χ1n) is 3.23. The van der Waals surface area contributed by atoms with Crippen molar-refractivity contribution in [2.75, 3.05) is 6.61 Å². The molecule has 0 unspecified atom stereocenters. The van der Waals surface area contributed by atoms with Crippen molar-refractivity contribution >= 4 is 0 Å². The van der Waals surface area contributed by atoms with Crippen LogP contribution in [0.5, 0.6) is 0 Å². The van der Waals surface area contributed by atoms with E-state index >= 15 is 0 Å². The summed E-state index contributed by atoms with van der Waals surface area (Å²) in [6, 6.07) is 0. The first kappa shape index (κ1) is 6.78. The van der Waals surface area contributed by atoms with Crippen LogP contribution in [0.25, 0.3) is 0 Å². The molecule has 2 nitrogen and oxygen atoms in total. The van der Waals surface area contributed by atoms with Gasteiger partial charge in [0.25, 0.3) is 0 Å². The lowest BCUT2D eigenvalue weighted by atomic mass is 10.0. The molecule has 52 valence electrons. The molecule has 0 bridgehead atoms. The monoisotopic (exact) mass is 128 g/mol. The standard InChI is InChI=1S/C7H12O2/c1-3-4-7-5-8-9-6(7)2/h3,6-7H,1,4-5H2,2H3/t6-,7+/m1/s1. The number of rotatable bonds is 2. The zero-order valence-corrected chi connectivity index (χ0v) is 5.67. The molecular weight excluding hydrogens is 116 g/mol. The number of hydrogen-bond donors (Lipinski definition) is 0. The summed E-state index contributed by atoms with van der Waals surface area (Å²) < 4.78 is 0. The Morgan fingerprint density at radius 2 is 2.56 bits per heavy atom. The third-order valence-electron chi connectivity index (χ3n) is 1.64. The molecule has 0 N–H and O–H groups in total. The molecule has 9 heavy (non-hydrogen) atoms. The highest BCUT2D eigenvalue weighted by atomic mass is 17.2. The van der Waals surface area contributed by atoms with Gasteiger partial charge in [-0.25, -0.2) is 9.78 Å². The molecule has 0 aromatic heterocycles. The van der Waals surface area contributed by atoms with Crippen molar-refractivity contribution < 1.29 is 9.78 Å².